The van der Waals surface area contributed by atoms with E-state index < -0.39 is 0 Å². The zero-order valence-electron chi connectivity index (χ0n) is 12.0. The van der Waals surface area contributed by atoms with E-state index in [-0.39, 0.29) is 5.41 Å². The molecular weight excluding hydrogens is 246 g/mol. The van der Waals surface area contributed by atoms with E-state index in [4.69, 9.17) is 0 Å². The van der Waals surface area contributed by atoms with Gasteiger partial charge in [0.2, 0.25) is 0 Å². The van der Waals surface area contributed by atoms with E-state index in [1.807, 2.05) is 13.8 Å². The van der Waals surface area contributed by atoms with E-state index in [1.54, 1.807) is 0 Å². The van der Waals surface area contributed by atoms with Gasteiger partial charge >= 0.3 is 0 Å². The number of hydrogen-bond acceptors (Lipinski definition) is 2. The van der Waals surface area contributed by atoms with Gasteiger partial charge in [0, 0.05) is 11.3 Å². The number of H-pyrrole nitrogens is 1. The number of rotatable bonds is 2. The van der Waals surface area contributed by atoms with Gasteiger partial charge in [0.15, 0.2) is 0 Å². The highest BCUT2D eigenvalue weighted by Gasteiger charge is 2.35. The second-order valence-corrected chi connectivity index (χ2v) is 5.79. The summed E-state index contributed by atoms with van der Waals surface area (Å²) < 4.78 is 0. The summed E-state index contributed by atoms with van der Waals surface area (Å²) in [6.07, 6.45) is 4.31. The number of nitriles is 1. The molecule has 0 amide bonds. The van der Waals surface area contributed by atoms with E-state index in [1.165, 1.54) is 16.7 Å². The van der Waals surface area contributed by atoms with Crippen LogP contribution in [0.4, 0.5) is 0 Å². The van der Waals surface area contributed by atoms with Crippen LogP contribution in [-0.4, -0.2) is 10.2 Å². The topological polar surface area (TPSA) is 52.5 Å². The maximum Gasteiger partial charge on any atom is 0.0822 e. The maximum absolute atomic E-state index is 9.55. The number of nitrogens with zero attached hydrogens (tertiary/aromatic N) is 2. The third kappa shape index (κ3) is 1.92. The SMILES string of the molecule is Cc1n[nH]c(C)c1-c1ccc(C2(C#N)CCCC2)cc1. The Morgan fingerprint density at radius 2 is 1.80 bits per heavy atom. The fraction of sp³-hybridized carbons (Fsp3) is 0.412. The molecule has 1 aliphatic rings. The van der Waals surface area contributed by atoms with Crippen LogP contribution in [0.2, 0.25) is 0 Å². The zero-order valence-corrected chi connectivity index (χ0v) is 12.0. The van der Waals surface area contributed by atoms with Crippen LogP contribution in [0.5, 0.6) is 0 Å². The first-order valence-electron chi connectivity index (χ1n) is 7.20. The summed E-state index contributed by atoms with van der Waals surface area (Å²) >= 11 is 0. The summed E-state index contributed by atoms with van der Waals surface area (Å²) in [4.78, 5) is 0. The maximum atomic E-state index is 9.55. The Morgan fingerprint density at radius 1 is 1.15 bits per heavy atom. The Hall–Kier alpha value is -2.08. The molecule has 1 aromatic carbocycles. The molecule has 1 aromatic heterocycles. The second-order valence-electron chi connectivity index (χ2n) is 5.79. The Labute approximate surface area is 119 Å². The lowest BCUT2D eigenvalue weighted by molar-refractivity contribution is 0.573. The van der Waals surface area contributed by atoms with Crippen LogP contribution in [0.3, 0.4) is 0 Å². The van der Waals surface area contributed by atoms with Crippen LogP contribution < -0.4 is 0 Å². The first-order valence-corrected chi connectivity index (χ1v) is 7.20. The normalized spacial score (nSPS) is 17.1. The van der Waals surface area contributed by atoms with Gasteiger partial charge in [0.05, 0.1) is 17.2 Å². The van der Waals surface area contributed by atoms with E-state index in [0.29, 0.717) is 0 Å². The molecule has 0 spiro atoms. The average molecular weight is 265 g/mol. The van der Waals surface area contributed by atoms with Crippen molar-refractivity contribution in [3.8, 4) is 17.2 Å². The van der Waals surface area contributed by atoms with Gasteiger partial charge in [-0.25, -0.2) is 0 Å². The fourth-order valence-electron chi connectivity index (χ4n) is 3.38. The first kappa shape index (κ1) is 12.9. The van der Waals surface area contributed by atoms with E-state index in [0.717, 1.165) is 37.1 Å². The zero-order chi connectivity index (χ0) is 14.2. The van der Waals surface area contributed by atoms with Gasteiger partial charge in [-0.05, 0) is 37.8 Å². The minimum Gasteiger partial charge on any atom is -0.282 e. The second kappa shape index (κ2) is 4.79. The van der Waals surface area contributed by atoms with Gasteiger partial charge in [0.1, 0.15) is 0 Å². The predicted octanol–water partition coefficient (Wildman–Crippen LogP) is 4.03. The highest BCUT2D eigenvalue weighted by atomic mass is 15.1. The summed E-state index contributed by atoms with van der Waals surface area (Å²) in [5, 5.41) is 16.8. The molecular formula is C17H19N3. The molecule has 0 unspecified atom stereocenters. The summed E-state index contributed by atoms with van der Waals surface area (Å²) in [5.41, 5.74) is 5.37. The summed E-state index contributed by atoms with van der Waals surface area (Å²) in [6.45, 7) is 4.05. The predicted molar refractivity (Wildman–Crippen MR) is 79.3 cm³/mol. The van der Waals surface area contributed by atoms with Crippen molar-refractivity contribution in [3.63, 3.8) is 0 Å². The van der Waals surface area contributed by atoms with Crippen LogP contribution in [0, 0.1) is 25.2 Å². The number of benzene rings is 1. The van der Waals surface area contributed by atoms with Crippen molar-refractivity contribution in [1.82, 2.24) is 10.2 Å². The number of hydrogen-bond donors (Lipinski definition) is 1. The number of aromatic amines is 1. The molecule has 1 saturated carbocycles. The standard InChI is InChI=1S/C17H19N3/c1-12-16(13(2)20-19-12)14-5-7-15(8-6-14)17(11-18)9-3-4-10-17/h5-8H,3-4,9-10H2,1-2H3,(H,19,20). The van der Waals surface area contributed by atoms with Gasteiger partial charge in [-0.2, -0.15) is 10.4 Å². The molecule has 3 nitrogen and oxygen atoms in total. The monoisotopic (exact) mass is 265 g/mol. The Kier molecular flexibility index (Phi) is 3.10. The number of nitrogens with one attached hydrogen (secondary N) is 1. The van der Waals surface area contributed by atoms with Crippen molar-refractivity contribution in [3.05, 3.63) is 41.2 Å². The van der Waals surface area contributed by atoms with Crippen molar-refractivity contribution >= 4 is 0 Å². The molecule has 1 N–H and O–H groups in total. The molecule has 0 radical (unpaired) electrons. The third-order valence-corrected chi connectivity index (χ3v) is 4.53. The van der Waals surface area contributed by atoms with Crippen molar-refractivity contribution < 1.29 is 0 Å². The molecule has 2 aromatic rings. The smallest absolute Gasteiger partial charge is 0.0822 e. The number of aryl methyl sites for hydroxylation is 2. The molecule has 1 fully saturated rings. The molecule has 3 rings (SSSR count). The lowest BCUT2D eigenvalue weighted by Gasteiger charge is -2.20. The molecule has 1 aliphatic carbocycles. The average Bonchev–Trinajstić information content (AvgIpc) is 3.07. The quantitative estimate of drug-likeness (QED) is 0.891. The summed E-state index contributed by atoms with van der Waals surface area (Å²) in [5.74, 6) is 0. The molecule has 1 heterocycles. The van der Waals surface area contributed by atoms with E-state index in [2.05, 4.69) is 40.5 Å². The highest BCUT2D eigenvalue weighted by Crippen LogP contribution is 2.41. The van der Waals surface area contributed by atoms with Crippen molar-refractivity contribution in [2.75, 3.05) is 0 Å². The first-order chi connectivity index (χ1) is 9.66. The number of aromatic nitrogens is 2. The van der Waals surface area contributed by atoms with Crippen LogP contribution in [0.15, 0.2) is 24.3 Å². The molecule has 0 bridgehead atoms. The Balaban J connectivity index is 1.98. The highest BCUT2D eigenvalue weighted by molar-refractivity contribution is 5.68. The van der Waals surface area contributed by atoms with Crippen molar-refractivity contribution in [1.29, 1.82) is 5.26 Å². The minimum absolute atomic E-state index is 0.251. The fourth-order valence-corrected chi connectivity index (χ4v) is 3.38. The van der Waals surface area contributed by atoms with Gasteiger partial charge in [-0.1, -0.05) is 37.1 Å². The lowest BCUT2D eigenvalue weighted by atomic mass is 9.80. The molecule has 0 aliphatic heterocycles. The third-order valence-electron chi connectivity index (χ3n) is 4.53. The largest absolute Gasteiger partial charge is 0.282 e. The Bertz CT molecular complexity index is 633. The minimum atomic E-state index is -0.251. The Morgan fingerprint density at radius 3 is 2.30 bits per heavy atom. The molecule has 102 valence electrons. The lowest BCUT2D eigenvalue weighted by Crippen LogP contribution is -2.18. The van der Waals surface area contributed by atoms with Crippen molar-refractivity contribution in [2.24, 2.45) is 0 Å². The molecule has 0 atom stereocenters. The van der Waals surface area contributed by atoms with Crippen molar-refractivity contribution in [2.45, 2.75) is 44.9 Å². The van der Waals surface area contributed by atoms with Crippen LogP contribution >= 0.6 is 0 Å². The van der Waals surface area contributed by atoms with Gasteiger partial charge < -0.3 is 0 Å². The molecule has 0 saturated heterocycles. The molecule has 3 heteroatoms. The van der Waals surface area contributed by atoms with Crippen LogP contribution in [-0.2, 0) is 5.41 Å². The van der Waals surface area contributed by atoms with Gasteiger partial charge in [0.25, 0.3) is 0 Å². The van der Waals surface area contributed by atoms with E-state index >= 15 is 0 Å². The van der Waals surface area contributed by atoms with Gasteiger partial charge in [-0.3, -0.25) is 5.10 Å². The molecule has 20 heavy (non-hydrogen) atoms. The van der Waals surface area contributed by atoms with Gasteiger partial charge in [-0.15, -0.1) is 0 Å². The van der Waals surface area contributed by atoms with Crippen LogP contribution in [0.1, 0.15) is 42.6 Å². The summed E-state index contributed by atoms with van der Waals surface area (Å²) in [6, 6.07) is 11.0. The summed E-state index contributed by atoms with van der Waals surface area (Å²) in [7, 11) is 0. The van der Waals surface area contributed by atoms with E-state index in [9.17, 15) is 5.26 Å². The van der Waals surface area contributed by atoms with Crippen LogP contribution in [0.25, 0.3) is 11.1 Å².